The Morgan fingerprint density at radius 3 is 2.57 bits per heavy atom. The summed E-state index contributed by atoms with van der Waals surface area (Å²) in [5, 5.41) is 13.0. The molecule has 0 saturated carbocycles. The first kappa shape index (κ1) is 18.8. The van der Waals surface area contributed by atoms with Gasteiger partial charge < -0.3 is 16.8 Å². The van der Waals surface area contributed by atoms with Crippen molar-refractivity contribution in [3.8, 4) is 0 Å². The number of nitrogens with two attached hydrogens (primary N) is 2. The molecule has 0 aliphatic heterocycles. The number of halogens is 2. The van der Waals surface area contributed by atoms with E-state index in [4.69, 9.17) is 11.5 Å². The predicted octanol–water partition coefficient (Wildman–Crippen LogP) is 0.496. The van der Waals surface area contributed by atoms with E-state index in [1.807, 2.05) is 5.32 Å². The van der Waals surface area contributed by atoms with E-state index >= 15 is 0 Å². The predicted molar refractivity (Wildman–Crippen MR) is 79.3 cm³/mol. The number of amides is 2. The van der Waals surface area contributed by atoms with E-state index in [9.17, 15) is 28.5 Å². The van der Waals surface area contributed by atoms with Crippen molar-refractivity contribution >= 4 is 29.3 Å². The second-order valence-electron chi connectivity index (χ2n) is 4.43. The quantitative estimate of drug-likeness (QED) is 0.355. The van der Waals surface area contributed by atoms with Gasteiger partial charge in [-0.3, -0.25) is 19.7 Å². The Morgan fingerprint density at radius 1 is 1.39 bits per heavy atom. The Hall–Kier alpha value is -2.27. The topological polar surface area (TPSA) is 141 Å². The van der Waals surface area contributed by atoms with Crippen molar-refractivity contribution in [3.05, 3.63) is 33.9 Å². The van der Waals surface area contributed by atoms with Crippen LogP contribution in [0.1, 0.15) is 10.4 Å². The Bertz CT molecular complexity index is 627. The molecular formula is C12H14F2N4O4S. The minimum Gasteiger partial charge on any atom is -0.366 e. The molecule has 0 fully saturated rings. The average Bonchev–Trinajstić information content (AvgIpc) is 2.50. The molecular weight excluding hydrogens is 334 g/mol. The number of carbonyl (C=O) groups is 2. The van der Waals surface area contributed by atoms with Crippen molar-refractivity contribution in [1.82, 2.24) is 5.32 Å². The van der Waals surface area contributed by atoms with Crippen LogP contribution < -0.4 is 16.8 Å². The van der Waals surface area contributed by atoms with E-state index in [-0.39, 0.29) is 16.2 Å². The molecule has 1 aromatic rings. The van der Waals surface area contributed by atoms with Gasteiger partial charge in [0.25, 0.3) is 11.6 Å². The molecule has 2 amide bonds. The van der Waals surface area contributed by atoms with Crippen LogP contribution in [0.15, 0.2) is 23.1 Å². The number of alkyl halides is 2. The Balaban J connectivity index is 2.72. The molecule has 0 unspecified atom stereocenters. The van der Waals surface area contributed by atoms with Crippen molar-refractivity contribution in [2.24, 2.45) is 11.5 Å². The number of carbonyl (C=O) groups excluding carboxylic acids is 2. The lowest BCUT2D eigenvalue weighted by Gasteiger charge is -2.14. The van der Waals surface area contributed by atoms with E-state index in [1.165, 1.54) is 12.1 Å². The van der Waals surface area contributed by atoms with E-state index in [0.717, 1.165) is 17.8 Å². The molecule has 0 radical (unpaired) electrons. The fourth-order valence-corrected chi connectivity index (χ4v) is 2.26. The third-order valence-corrected chi connectivity index (χ3v) is 3.70. The summed E-state index contributed by atoms with van der Waals surface area (Å²) in [4.78, 5) is 32.8. The van der Waals surface area contributed by atoms with Crippen LogP contribution in [-0.2, 0) is 4.79 Å². The highest BCUT2D eigenvalue weighted by Gasteiger charge is 2.27. The van der Waals surface area contributed by atoms with Gasteiger partial charge in [0.1, 0.15) is 0 Å². The molecule has 8 nitrogen and oxygen atoms in total. The van der Waals surface area contributed by atoms with Crippen LogP contribution >= 0.6 is 11.8 Å². The molecule has 126 valence electrons. The number of primary amides is 1. The van der Waals surface area contributed by atoms with E-state index in [1.54, 1.807) is 0 Å². The standard InChI is InChI=1S/C12H14F2N4O4S/c13-12(14,5-15)6-17-10(19)4-23-9-2-1-7(11(16)20)3-8(9)18(21)22/h1-3H,4-6,15H2,(H2,16,20)(H,17,19). The number of nitrogens with one attached hydrogen (secondary N) is 1. The van der Waals surface area contributed by atoms with Crippen LogP contribution in [0.25, 0.3) is 0 Å². The number of nitrogens with zero attached hydrogens (tertiary/aromatic N) is 1. The van der Waals surface area contributed by atoms with Crippen molar-refractivity contribution < 1.29 is 23.3 Å². The summed E-state index contributed by atoms with van der Waals surface area (Å²) in [7, 11) is 0. The smallest absolute Gasteiger partial charge is 0.283 e. The largest absolute Gasteiger partial charge is 0.366 e. The number of nitro groups is 1. The third kappa shape index (κ3) is 5.79. The number of rotatable bonds is 8. The van der Waals surface area contributed by atoms with Crippen molar-refractivity contribution in [3.63, 3.8) is 0 Å². The van der Waals surface area contributed by atoms with E-state index in [2.05, 4.69) is 0 Å². The van der Waals surface area contributed by atoms with Crippen LogP contribution in [0, 0.1) is 10.1 Å². The molecule has 1 rings (SSSR count). The number of benzene rings is 1. The summed E-state index contributed by atoms with van der Waals surface area (Å²) >= 11 is 0.780. The van der Waals surface area contributed by atoms with Crippen LogP contribution in [0.5, 0.6) is 0 Å². The molecule has 0 saturated heterocycles. The van der Waals surface area contributed by atoms with Crippen LogP contribution in [0.3, 0.4) is 0 Å². The Kier molecular flexibility index (Phi) is 6.39. The molecule has 0 atom stereocenters. The molecule has 1 aromatic carbocycles. The maximum atomic E-state index is 12.9. The fraction of sp³-hybridized carbons (Fsp3) is 0.333. The van der Waals surface area contributed by atoms with Gasteiger partial charge >= 0.3 is 0 Å². The summed E-state index contributed by atoms with van der Waals surface area (Å²) in [5.41, 5.74) is 9.42. The Morgan fingerprint density at radius 2 is 2.04 bits per heavy atom. The molecule has 0 aliphatic rings. The summed E-state index contributed by atoms with van der Waals surface area (Å²) in [6.07, 6.45) is 0. The number of thioether (sulfide) groups is 1. The highest BCUT2D eigenvalue weighted by Crippen LogP contribution is 2.29. The van der Waals surface area contributed by atoms with Gasteiger partial charge in [0.05, 0.1) is 28.7 Å². The zero-order chi connectivity index (χ0) is 17.6. The van der Waals surface area contributed by atoms with E-state index < -0.39 is 41.4 Å². The molecule has 0 aromatic heterocycles. The van der Waals surface area contributed by atoms with Gasteiger partial charge in [0, 0.05) is 11.6 Å². The van der Waals surface area contributed by atoms with Gasteiger partial charge in [-0.05, 0) is 12.1 Å². The number of nitro benzene ring substituents is 1. The highest BCUT2D eigenvalue weighted by atomic mass is 32.2. The summed E-state index contributed by atoms with van der Waals surface area (Å²) < 4.78 is 25.8. The molecule has 0 bridgehead atoms. The molecule has 23 heavy (non-hydrogen) atoms. The monoisotopic (exact) mass is 348 g/mol. The fourth-order valence-electron chi connectivity index (χ4n) is 1.43. The lowest BCUT2D eigenvalue weighted by molar-refractivity contribution is -0.387. The van der Waals surface area contributed by atoms with Gasteiger partial charge in [0.15, 0.2) is 0 Å². The second-order valence-corrected chi connectivity index (χ2v) is 5.45. The maximum Gasteiger partial charge on any atom is 0.283 e. The summed E-state index contributed by atoms with van der Waals surface area (Å²) in [6, 6.07) is 3.54. The number of hydrogen-bond acceptors (Lipinski definition) is 6. The minimum atomic E-state index is -3.21. The SMILES string of the molecule is NCC(F)(F)CNC(=O)CSc1ccc(C(N)=O)cc1[N+](=O)[O-]. The normalized spacial score (nSPS) is 11.1. The first-order valence-electron chi connectivity index (χ1n) is 6.22. The number of hydrogen-bond donors (Lipinski definition) is 3. The zero-order valence-electron chi connectivity index (χ0n) is 11.8. The molecule has 11 heteroatoms. The second kappa shape index (κ2) is 7.83. The van der Waals surface area contributed by atoms with Crippen LogP contribution in [-0.4, -0.2) is 41.5 Å². The minimum absolute atomic E-state index is 0.0481. The first-order chi connectivity index (χ1) is 10.7. The third-order valence-electron chi connectivity index (χ3n) is 2.64. The zero-order valence-corrected chi connectivity index (χ0v) is 12.6. The van der Waals surface area contributed by atoms with Gasteiger partial charge in [-0.2, -0.15) is 0 Å². The molecule has 0 spiro atoms. The van der Waals surface area contributed by atoms with Gasteiger partial charge in [-0.15, -0.1) is 11.8 Å². The lowest BCUT2D eigenvalue weighted by Crippen LogP contribution is -2.42. The van der Waals surface area contributed by atoms with Crippen molar-refractivity contribution in [2.45, 2.75) is 10.8 Å². The highest BCUT2D eigenvalue weighted by molar-refractivity contribution is 8.00. The van der Waals surface area contributed by atoms with Gasteiger partial charge in [-0.1, -0.05) is 0 Å². The van der Waals surface area contributed by atoms with Crippen LogP contribution in [0.2, 0.25) is 0 Å². The van der Waals surface area contributed by atoms with E-state index in [0.29, 0.717) is 0 Å². The molecule has 0 heterocycles. The molecule has 5 N–H and O–H groups in total. The Labute approximate surface area is 133 Å². The summed E-state index contributed by atoms with van der Waals surface area (Å²) in [5.74, 6) is -5.07. The molecule has 0 aliphatic carbocycles. The van der Waals surface area contributed by atoms with Gasteiger partial charge in [-0.25, -0.2) is 8.78 Å². The van der Waals surface area contributed by atoms with Crippen molar-refractivity contribution in [1.29, 1.82) is 0 Å². The lowest BCUT2D eigenvalue weighted by atomic mass is 10.2. The van der Waals surface area contributed by atoms with Crippen LogP contribution in [0.4, 0.5) is 14.5 Å². The van der Waals surface area contributed by atoms with Gasteiger partial charge in [0.2, 0.25) is 11.8 Å². The van der Waals surface area contributed by atoms with Crippen molar-refractivity contribution in [2.75, 3.05) is 18.8 Å². The average molecular weight is 348 g/mol. The first-order valence-corrected chi connectivity index (χ1v) is 7.20. The maximum absolute atomic E-state index is 12.9. The summed E-state index contributed by atoms with van der Waals surface area (Å²) in [6.45, 7) is -1.81.